The number of allylic oxidation sites excluding steroid dienone is 3. The molecule has 0 saturated heterocycles. The van der Waals surface area contributed by atoms with Crippen molar-refractivity contribution in [2.24, 2.45) is 5.41 Å². The SMILES string of the molecule is COCCOC(=O)C1=C(C)NC2=C(C(=O)CC(C)(C)C2)C1c1ccc(Cl)cc1Cl. The Morgan fingerprint density at radius 2 is 1.97 bits per heavy atom. The molecule has 2 aliphatic rings. The number of carbonyl (C=O) groups is 2. The predicted octanol–water partition coefficient (Wildman–Crippen LogP) is 4.79. The molecule has 1 aliphatic carbocycles. The molecule has 0 aromatic heterocycles. The zero-order chi connectivity index (χ0) is 21.3. The third-order valence-corrected chi connectivity index (χ3v) is 5.82. The Hall–Kier alpha value is -1.82. The van der Waals surface area contributed by atoms with Crippen molar-refractivity contribution in [1.29, 1.82) is 0 Å². The second-order valence-electron chi connectivity index (χ2n) is 8.22. The number of ether oxygens (including phenoxy) is 2. The Kier molecular flexibility index (Phi) is 6.42. The number of dihydropyridines is 1. The van der Waals surface area contributed by atoms with Gasteiger partial charge in [-0.25, -0.2) is 4.79 Å². The highest BCUT2D eigenvalue weighted by Crippen LogP contribution is 2.48. The van der Waals surface area contributed by atoms with Crippen molar-refractivity contribution in [1.82, 2.24) is 5.32 Å². The van der Waals surface area contributed by atoms with E-state index >= 15 is 0 Å². The molecule has 1 unspecified atom stereocenters. The van der Waals surface area contributed by atoms with E-state index in [2.05, 4.69) is 19.2 Å². The summed E-state index contributed by atoms with van der Waals surface area (Å²) >= 11 is 12.6. The van der Waals surface area contributed by atoms with Crippen molar-refractivity contribution in [3.05, 3.63) is 56.3 Å². The minimum atomic E-state index is -0.602. The van der Waals surface area contributed by atoms with E-state index in [0.29, 0.717) is 51.9 Å². The highest BCUT2D eigenvalue weighted by atomic mass is 35.5. The van der Waals surface area contributed by atoms with Gasteiger partial charge in [-0.15, -0.1) is 0 Å². The van der Waals surface area contributed by atoms with Gasteiger partial charge in [-0.05, 0) is 36.5 Å². The Morgan fingerprint density at radius 3 is 2.62 bits per heavy atom. The number of methoxy groups -OCH3 is 1. The van der Waals surface area contributed by atoms with Crippen LogP contribution in [0.25, 0.3) is 0 Å². The number of halogens is 2. The summed E-state index contributed by atoms with van der Waals surface area (Å²) in [5, 5.41) is 4.19. The van der Waals surface area contributed by atoms with E-state index < -0.39 is 11.9 Å². The van der Waals surface area contributed by atoms with E-state index in [9.17, 15) is 9.59 Å². The van der Waals surface area contributed by atoms with Gasteiger partial charge in [0.15, 0.2) is 5.78 Å². The fourth-order valence-electron chi connectivity index (χ4n) is 4.05. The molecule has 0 bridgehead atoms. The third-order valence-electron chi connectivity index (χ3n) is 5.25. The van der Waals surface area contributed by atoms with Crippen molar-refractivity contribution in [3.8, 4) is 0 Å². The van der Waals surface area contributed by atoms with Gasteiger partial charge in [0.1, 0.15) is 6.61 Å². The molecule has 1 heterocycles. The molecule has 3 rings (SSSR count). The summed E-state index contributed by atoms with van der Waals surface area (Å²) in [4.78, 5) is 26.2. The van der Waals surface area contributed by atoms with Crippen LogP contribution in [0.3, 0.4) is 0 Å². The standard InChI is InChI=1S/C22H25Cl2NO4/c1-12-18(21(27)29-8-7-28-4)19(14-6-5-13(23)9-15(14)24)20-16(25-12)10-22(2,3)11-17(20)26/h5-6,9,19,25H,7-8,10-11H2,1-4H3. The normalized spacial score (nSPS) is 21.0. The molecule has 29 heavy (non-hydrogen) atoms. The maximum atomic E-state index is 13.2. The van der Waals surface area contributed by atoms with Crippen LogP contribution in [0.1, 0.15) is 45.1 Å². The van der Waals surface area contributed by atoms with Crippen LogP contribution in [0.4, 0.5) is 0 Å². The van der Waals surface area contributed by atoms with Gasteiger partial charge >= 0.3 is 5.97 Å². The van der Waals surface area contributed by atoms with Crippen molar-refractivity contribution in [3.63, 3.8) is 0 Å². The molecule has 1 aromatic carbocycles. The lowest BCUT2D eigenvalue weighted by molar-refractivity contribution is -0.140. The van der Waals surface area contributed by atoms with Crippen molar-refractivity contribution >= 4 is 35.0 Å². The first-order chi connectivity index (χ1) is 13.6. The maximum absolute atomic E-state index is 13.2. The minimum absolute atomic E-state index is 0.00876. The Bertz CT molecular complexity index is 917. The van der Waals surface area contributed by atoms with Gasteiger partial charge in [0.2, 0.25) is 0 Å². The van der Waals surface area contributed by atoms with Crippen molar-refractivity contribution in [2.45, 2.75) is 39.5 Å². The smallest absolute Gasteiger partial charge is 0.336 e. The number of esters is 1. The zero-order valence-corrected chi connectivity index (χ0v) is 18.5. The highest BCUT2D eigenvalue weighted by molar-refractivity contribution is 6.35. The van der Waals surface area contributed by atoms with E-state index in [4.69, 9.17) is 32.7 Å². The summed E-state index contributed by atoms with van der Waals surface area (Å²) in [7, 11) is 1.54. The number of benzene rings is 1. The minimum Gasteiger partial charge on any atom is -0.460 e. The second-order valence-corrected chi connectivity index (χ2v) is 9.07. The molecule has 7 heteroatoms. The summed E-state index contributed by atoms with van der Waals surface area (Å²) in [5.41, 5.74) is 2.97. The molecule has 0 saturated carbocycles. The van der Waals surface area contributed by atoms with Gasteiger partial charge in [0.25, 0.3) is 0 Å². The quantitative estimate of drug-likeness (QED) is 0.529. The lowest BCUT2D eigenvalue weighted by Gasteiger charge is -2.39. The van der Waals surface area contributed by atoms with Gasteiger partial charge in [-0.2, -0.15) is 0 Å². The molecule has 1 aliphatic heterocycles. The number of Topliss-reactive ketones (excluding diaryl/α,β-unsaturated/α-hetero) is 1. The molecule has 0 amide bonds. The molecular formula is C22H25Cl2NO4. The molecule has 0 radical (unpaired) electrons. The molecule has 156 valence electrons. The molecule has 0 fully saturated rings. The molecule has 1 N–H and O–H groups in total. The first kappa shape index (κ1) is 21.9. The van der Waals surface area contributed by atoms with Crippen LogP contribution in [0.5, 0.6) is 0 Å². The Labute approximate surface area is 181 Å². The van der Waals surface area contributed by atoms with Gasteiger partial charge < -0.3 is 14.8 Å². The van der Waals surface area contributed by atoms with Crippen LogP contribution < -0.4 is 5.32 Å². The number of hydrogen-bond acceptors (Lipinski definition) is 5. The highest BCUT2D eigenvalue weighted by Gasteiger charge is 2.43. The summed E-state index contributed by atoms with van der Waals surface area (Å²) in [6, 6.07) is 5.11. The molecular weight excluding hydrogens is 413 g/mol. The molecule has 1 aromatic rings. The Morgan fingerprint density at radius 1 is 1.24 bits per heavy atom. The van der Waals surface area contributed by atoms with Crippen LogP contribution in [0, 0.1) is 5.41 Å². The van der Waals surface area contributed by atoms with E-state index in [1.807, 2.05) is 6.92 Å². The van der Waals surface area contributed by atoms with E-state index in [-0.39, 0.29) is 17.8 Å². The lowest BCUT2D eigenvalue weighted by atomic mass is 9.68. The monoisotopic (exact) mass is 437 g/mol. The van der Waals surface area contributed by atoms with Gasteiger partial charge in [-0.1, -0.05) is 43.1 Å². The fraction of sp³-hybridized carbons (Fsp3) is 0.455. The van der Waals surface area contributed by atoms with Crippen LogP contribution in [-0.4, -0.2) is 32.1 Å². The van der Waals surface area contributed by atoms with Crippen LogP contribution in [0.2, 0.25) is 10.0 Å². The molecule has 5 nitrogen and oxygen atoms in total. The molecule has 0 spiro atoms. The van der Waals surface area contributed by atoms with Crippen molar-refractivity contribution < 1.29 is 19.1 Å². The first-order valence-corrected chi connectivity index (χ1v) is 10.3. The Balaban J connectivity index is 2.13. The van der Waals surface area contributed by atoms with Crippen molar-refractivity contribution in [2.75, 3.05) is 20.3 Å². The number of nitrogens with one attached hydrogen (secondary N) is 1. The van der Waals surface area contributed by atoms with Gasteiger partial charge in [0.05, 0.1) is 12.2 Å². The maximum Gasteiger partial charge on any atom is 0.336 e. The zero-order valence-electron chi connectivity index (χ0n) is 17.0. The lowest BCUT2D eigenvalue weighted by Crippen LogP contribution is -2.38. The predicted molar refractivity (Wildman–Crippen MR) is 113 cm³/mol. The number of ketones is 1. The van der Waals surface area contributed by atoms with Crippen LogP contribution >= 0.6 is 23.2 Å². The van der Waals surface area contributed by atoms with Gasteiger partial charge in [-0.3, -0.25) is 4.79 Å². The third kappa shape index (κ3) is 4.52. The van der Waals surface area contributed by atoms with E-state index in [1.165, 1.54) is 7.11 Å². The van der Waals surface area contributed by atoms with E-state index in [1.54, 1.807) is 18.2 Å². The first-order valence-electron chi connectivity index (χ1n) is 9.49. The summed E-state index contributed by atoms with van der Waals surface area (Å²) in [6.45, 7) is 6.36. The average Bonchev–Trinajstić information content (AvgIpc) is 2.59. The number of hydrogen-bond donors (Lipinski definition) is 1. The summed E-state index contributed by atoms with van der Waals surface area (Å²) < 4.78 is 10.4. The largest absolute Gasteiger partial charge is 0.460 e. The topological polar surface area (TPSA) is 64.6 Å². The summed E-state index contributed by atoms with van der Waals surface area (Å²) in [6.07, 6.45) is 1.11. The van der Waals surface area contributed by atoms with E-state index in [0.717, 1.165) is 5.70 Å². The van der Waals surface area contributed by atoms with Crippen LogP contribution in [0.15, 0.2) is 40.7 Å². The van der Waals surface area contributed by atoms with Crippen LogP contribution in [-0.2, 0) is 19.1 Å². The second kappa shape index (κ2) is 8.50. The average molecular weight is 438 g/mol. The fourth-order valence-corrected chi connectivity index (χ4v) is 4.57. The number of carbonyl (C=O) groups excluding carboxylic acids is 2. The molecule has 1 atom stereocenters. The summed E-state index contributed by atoms with van der Waals surface area (Å²) in [5.74, 6) is -1.09. The number of rotatable bonds is 5. The van der Waals surface area contributed by atoms with Gasteiger partial charge in [0, 0.05) is 46.5 Å².